The molecule has 2 aromatic carbocycles. The molecule has 2 amide bonds. The highest BCUT2D eigenvalue weighted by Crippen LogP contribution is 2.17. The summed E-state index contributed by atoms with van der Waals surface area (Å²) in [5, 5.41) is 16.2. The van der Waals surface area contributed by atoms with Crippen LogP contribution in [-0.4, -0.2) is 22.0 Å². The van der Waals surface area contributed by atoms with E-state index < -0.39 is 5.91 Å². The average molecular weight is 365 g/mol. The number of carbonyl (C=O) groups excluding carboxylic acids is 2. The number of nitrogens with zero attached hydrogens (tertiary/aromatic N) is 2. The first kappa shape index (κ1) is 18.0. The number of rotatable bonds is 5. The second-order valence-corrected chi connectivity index (χ2v) is 5.65. The number of hydrogen-bond acceptors (Lipinski definition) is 5. The van der Waals surface area contributed by atoms with Crippen LogP contribution in [0.5, 0.6) is 0 Å². The number of halogens is 1. The molecule has 3 N–H and O–H groups in total. The van der Waals surface area contributed by atoms with Gasteiger partial charge in [-0.1, -0.05) is 0 Å². The maximum Gasteiger partial charge on any atom is 0.276 e. The summed E-state index contributed by atoms with van der Waals surface area (Å²) in [7, 11) is 0. The van der Waals surface area contributed by atoms with E-state index in [9.17, 15) is 14.0 Å². The summed E-state index contributed by atoms with van der Waals surface area (Å²) in [4.78, 5) is 23.1. The maximum atomic E-state index is 12.9. The van der Waals surface area contributed by atoms with Crippen molar-refractivity contribution in [2.45, 2.75) is 6.92 Å². The Morgan fingerprint density at radius 1 is 0.778 bits per heavy atom. The second-order valence-electron chi connectivity index (χ2n) is 5.65. The lowest BCUT2D eigenvalue weighted by Crippen LogP contribution is -2.14. The first-order valence-corrected chi connectivity index (χ1v) is 8.05. The Hall–Kier alpha value is -3.81. The van der Waals surface area contributed by atoms with E-state index >= 15 is 0 Å². The minimum atomic E-state index is -0.444. The Kier molecular flexibility index (Phi) is 5.36. The zero-order chi connectivity index (χ0) is 19.2. The molecule has 0 saturated heterocycles. The summed E-state index contributed by atoms with van der Waals surface area (Å²) >= 11 is 0. The van der Waals surface area contributed by atoms with Gasteiger partial charge in [0.25, 0.3) is 5.91 Å². The van der Waals surface area contributed by atoms with Crippen LogP contribution in [0.4, 0.5) is 27.3 Å². The molecule has 0 radical (unpaired) electrons. The Morgan fingerprint density at radius 2 is 1.37 bits per heavy atom. The summed E-state index contributed by atoms with van der Waals surface area (Å²) in [6.07, 6.45) is 0. The molecule has 1 aromatic heterocycles. The molecule has 3 rings (SSSR count). The van der Waals surface area contributed by atoms with E-state index in [1.807, 2.05) is 0 Å². The quantitative estimate of drug-likeness (QED) is 0.642. The molecule has 8 heteroatoms. The molecule has 27 heavy (non-hydrogen) atoms. The van der Waals surface area contributed by atoms with E-state index in [4.69, 9.17) is 0 Å². The Balaban J connectivity index is 1.61. The van der Waals surface area contributed by atoms with Gasteiger partial charge in [-0.15, -0.1) is 10.2 Å². The number of benzene rings is 2. The van der Waals surface area contributed by atoms with Crippen LogP contribution in [0.3, 0.4) is 0 Å². The lowest BCUT2D eigenvalue weighted by atomic mass is 10.2. The number of nitrogens with one attached hydrogen (secondary N) is 3. The standard InChI is InChI=1S/C19H16FN5O2/c1-12(26)21-14-6-8-15(9-7-14)22-18-11-10-17(24-25-18)19(27)23-16-4-2-13(20)3-5-16/h2-11H,1H3,(H,21,26)(H,22,25)(H,23,27). The Labute approximate surface area is 154 Å². The largest absolute Gasteiger partial charge is 0.339 e. The first-order valence-electron chi connectivity index (χ1n) is 8.05. The highest BCUT2D eigenvalue weighted by atomic mass is 19.1. The molecular weight excluding hydrogens is 349 g/mol. The third kappa shape index (κ3) is 5.08. The zero-order valence-corrected chi connectivity index (χ0v) is 14.4. The Morgan fingerprint density at radius 3 is 1.96 bits per heavy atom. The van der Waals surface area contributed by atoms with Crippen LogP contribution >= 0.6 is 0 Å². The molecule has 0 aliphatic rings. The van der Waals surface area contributed by atoms with Crippen molar-refractivity contribution < 1.29 is 14.0 Å². The topological polar surface area (TPSA) is 96.0 Å². The molecular formula is C19H16FN5O2. The molecule has 0 fully saturated rings. The fraction of sp³-hybridized carbons (Fsp3) is 0.0526. The van der Waals surface area contributed by atoms with Crippen molar-refractivity contribution in [3.05, 3.63) is 72.2 Å². The van der Waals surface area contributed by atoms with Crippen molar-refractivity contribution in [1.29, 1.82) is 0 Å². The monoisotopic (exact) mass is 365 g/mol. The van der Waals surface area contributed by atoms with Gasteiger partial charge in [-0.3, -0.25) is 9.59 Å². The van der Waals surface area contributed by atoms with E-state index in [-0.39, 0.29) is 17.4 Å². The molecule has 0 atom stereocenters. The summed E-state index contributed by atoms with van der Waals surface area (Å²) in [5.41, 5.74) is 2.03. The smallest absolute Gasteiger partial charge is 0.276 e. The fourth-order valence-corrected chi connectivity index (χ4v) is 2.24. The van der Waals surface area contributed by atoms with Crippen molar-refractivity contribution >= 4 is 34.7 Å². The minimum Gasteiger partial charge on any atom is -0.339 e. The van der Waals surface area contributed by atoms with Crippen molar-refractivity contribution in [3.63, 3.8) is 0 Å². The predicted octanol–water partition coefficient (Wildman–Crippen LogP) is 3.57. The number of hydrogen-bond donors (Lipinski definition) is 3. The summed E-state index contributed by atoms with van der Waals surface area (Å²) in [6, 6.07) is 15.6. The average Bonchev–Trinajstić information content (AvgIpc) is 2.65. The molecule has 0 unspecified atom stereocenters. The summed E-state index contributed by atoms with van der Waals surface area (Å²) in [6.45, 7) is 1.44. The van der Waals surface area contributed by atoms with Gasteiger partial charge in [0.2, 0.25) is 5.91 Å². The van der Waals surface area contributed by atoms with E-state index in [0.717, 1.165) is 5.69 Å². The normalized spacial score (nSPS) is 10.1. The van der Waals surface area contributed by atoms with Gasteiger partial charge in [0.05, 0.1) is 0 Å². The molecule has 0 bridgehead atoms. The Bertz CT molecular complexity index is 941. The van der Waals surface area contributed by atoms with E-state index in [0.29, 0.717) is 17.2 Å². The van der Waals surface area contributed by atoms with Crippen molar-refractivity contribution in [1.82, 2.24) is 10.2 Å². The van der Waals surface area contributed by atoms with Crippen molar-refractivity contribution in [3.8, 4) is 0 Å². The molecule has 3 aromatic rings. The fourth-order valence-electron chi connectivity index (χ4n) is 2.24. The van der Waals surface area contributed by atoms with Crippen molar-refractivity contribution in [2.24, 2.45) is 0 Å². The van der Waals surface area contributed by atoms with Crippen LogP contribution in [-0.2, 0) is 4.79 Å². The highest BCUT2D eigenvalue weighted by molar-refractivity contribution is 6.02. The number of anilines is 4. The van der Waals surface area contributed by atoms with Crippen LogP contribution in [0.1, 0.15) is 17.4 Å². The number of aromatic nitrogens is 2. The van der Waals surface area contributed by atoms with Crippen LogP contribution in [0, 0.1) is 5.82 Å². The van der Waals surface area contributed by atoms with E-state index in [1.54, 1.807) is 30.3 Å². The van der Waals surface area contributed by atoms with E-state index in [1.165, 1.54) is 37.3 Å². The summed E-state index contributed by atoms with van der Waals surface area (Å²) < 4.78 is 12.9. The van der Waals surface area contributed by atoms with Gasteiger partial charge >= 0.3 is 0 Å². The van der Waals surface area contributed by atoms with Crippen LogP contribution < -0.4 is 16.0 Å². The van der Waals surface area contributed by atoms with Gasteiger partial charge in [0.15, 0.2) is 11.5 Å². The highest BCUT2D eigenvalue weighted by Gasteiger charge is 2.09. The third-order valence-electron chi connectivity index (χ3n) is 3.48. The number of amides is 2. The molecule has 0 spiro atoms. The van der Waals surface area contributed by atoms with Crippen LogP contribution in [0.15, 0.2) is 60.7 Å². The lowest BCUT2D eigenvalue weighted by molar-refractivity contribution is -0.114. The van der Waals surface area contributed by atoms with Gasteiger partial charge in [-0.05, 0) is 60.7 Å². The van der Waals surface area contributed by atoms with Gasteiger partial charge in [0, 0.05) is 24.0 Å². The molecule has 0 aliphatic carbocycles. The van der Waals surface area contributed by atoms with Gasteiger partial charge in [0.1, 0.15) is 5.82 Å². The molecule has 136 valence electrons. The van der Waals surface area contributed by atoms with Crippen LogP contribution in [0.25, 0.3) is 0 Å². The molecule has 0 saturated carbocycles. The molecule has 1 heterocycles. The summed E-state index contributed by atoms with van der Waals surface area (Å²) in [5.74, 6) is -0.509. The van der Waals surface area contributed by atoms with Gasteiger partial charge < -0.3 is 16.0 Å². The predicted molar refractivity (Wildman–Crippen MR) is 100 cm³/mol. The lowest BCUT2D eigenvalue weighted by Gasteiger charge is -2.08. The number of carbonyl (C=O) groups is 2. The molecule has 7 nitrogen and oxygen atoms in total. The SMILES string of the molecule is CC(=O)Nc1ccc(Nc2ccc(C(=O)Nc3ccc(F)cc3)nn2)cc1. The third-order valence-corrected chi connectivity index (χ3v) is 3.48. The van der Waals surface area contributed by atoms with Gasteiger partial charge in [-0.2, -0.15) is 0 Å². The van der Waals surface area contributed by atoms with Gasteiger partial charge in [-0.25, -0.2) is 4.39 Å². The maximum absolute atomic E-state index is 12.9. The second kappa shape index (κ2) is 8.05. The minimum absolute atomic E-state index is 0.130. The first-order chi connectivity index (χ1) is 13.0. The zero-order valence-electron chi connectivity index (χ0n) is 14.4. The molecule has 0 aliphatic heterocycles. The van der Waals surface area contributed by atoms with Crippen LogP contribution in [0.2, 0.25) is 0 Å². The van der Waals surface area contributed by atoms with E-state index in [2.05, 4.69) is 26.1 Å². The van der Waals surface area contributed by atoms with Crippen molar-refractivity contribution in [2.75, 3.05) is 16.0 Å².